The van der Waals surface area contributed by atoms with Crippen LogP contribution in [0.4, 0.5) is 10.1 Å². The van der Waals surface area contributed by atoms with E-state index in [0.717, 1.165) is 6.42 Å². The Labute approximate surface area is 131 Å². The van der Waals surface area contributed by atoms with Crippen LogP contribution in [0.1, 0.15) is 27.2 Å². The highest BCUT2D eigenvalue weighted by Crippen LogP contribution is 2.27. The van der Waals surface area contributed by atoms with Gasteiger partial charge in [0.15, 0.2) is 0 Å². The number of halogens is 2. The quantitative estimate of drug-likeness (QED) is 0.905. The maximum Gasteiger partial charge on any atom is 0.250 e. The van der Waals surface area contributed by atoms with Gasteiger partial charge in [0.05, 0.1) is 4.47 Å². The number of nitrogens with zero attached hydrogens (tertiary/aromatic N) is 1. The van der Waals surface area contributed by atoms with E-state index in [1.54, 1.807) is 13.0 Å². The topological polar surface area (TPSA) is 49.4 Å². The van der Waals surface area contributed by atoms with Crippen molar-refractivity contribution in [3.8, 4) is 0 Å². The van der Waals surface area contributed by atoms with Crippen molar-refractivity contribution in [3.63, 3.8) is 0 Å². The van der Waals surface area contributed by atoms with Crippen LogP contribution < -0.4 is 10.2 Å². The van der Waals surface area contributed by atoms with E-state index in [0.29, 0.717) is 10.2 Å². The molecule has 0 aliphatic carbocycles. The monoisotopic (exact) mass is 356 g/mol. The normalized spacial score (nSPS) is 24.0. The van der Waals surface area contributed by atoms with Gasteiger partial charge >= 0.3 is 0 Å². The molecule has 0 radical (unpaired) electrons. The minimum Gasteiger partial charge on any atom is -0.342 e. The van der Waals surface area contributed by atoms with Crippen molar-refractivity contribution in [3.05, 3.63) is 28.5 Å². The van der Waals surface area contributed by atoms with Crippen molar-refractivity contribution in [2.45, 2.75) is 39.3 Å². The molecule has 1 aromatic rings. The van der Waals surface area contributed by atoms with Crippen LogP contribution in [0.25, 0.3) is 0 Å². The molecule has 1 heterocycles. The smallest absolute Gasteiger partial charge is 0.250 e. The van der Waals surface area contributed by atoms with Gasteiger partial charge in [-0.2, -0.15) is 0 Å². The molecule has 2 amide bonds. The first kappa shape index (κ1) is 15.9. The molecule has 2 rings (SSSR count). The summed E-state index contributed by atoms with van der Waals surface area (Å²) < 4.78 is 14.0. The number of piperazine rings is 1. The van der Waals surface area contributed by atoms with Gasteiger partial charge in [-0.15, -0.1) is 0 Å². The number of amides is 2. The van der Waals surface area contributed by atoms with Gasteiger partial charge in [-0.3, -0.25) is 14.5 Å². The van der Waals surface area contributed by atoms with E-state index >= 15 is 0 Å². The second-order valence-corrected chi connectivity index (χ2v) is 6.21. The Balaban J connectivity index is 2.40. The molecule has 0 aromatic heterocycles. The molecular weight excluding hydrogens is 339 g/mol. The molecular formula is C15H18BrFN2O2. The van der Waals surface area contributed by atoms with Crippen molar-refractivity contribution in [1.29, 1.82) is 0 Å². The van der Waals surface area contributed by atoms with Crippen molar-refractivity contribution in [2.24, 2.45) is 5.92 Å². The maximum atomic E-state index is 13.7. The molecule has 0 bridgehead atoms. The molecule has 21 heavy (non-hydrogen) atoms. The molecule has 1 aliphatic heterocycles. The van der Waals surface area contributed by atoms with Gasteiger partial charge in [0.2, 0.25) is 5.91 Å². The zero-order valence-electron chi connectivity index (χ0n) is 12.2. The molecule has 0 spiro atoms. The van der Waals surface area contributed by atoms with Gasteiger partial charge in [-0.1, -0.05) is 20.3 Å². The number of hydrogen-bond donors (Lipinski definition) is 1. The van der Waals surface area contributed by atoms with Gasteiger partial charge in [0.25, 0.3) is 5.91 Å². The number of benzene rings is 1. The second kappa shape index (κ2) is 6.13. The molecule has 1 fully saturated rings. The number of nitrogens with one attached hydrogen (secondary N) is 1. The fourth-order valence-electron chi connectivity index (χ4n) is 2.40. The standard InChI is InChI=1S/C15H18BrFN2O2/c1-4-8(2)13-15(21)19(9(3)14(20)18-13)10-5-6-11(16)12(17)7-10/h5-9,13H,4H2,1-3H3,(H,18,20). The van der Waals surface area contributed by atoms with Gasteiger partial charge < -0.3 is 5.32 Å². The van der Waals surface area contributed by atoms with Crippen LogP contribution in [0.15, 0.2) is 22.7 Å². The highest BCUT2D eigenvalue weighted by atomic mass is 79.9. The number of hydrogen-bond acceptors (Lipinski definition) is 2. The molecule has 114 valence electrons. The predicted octanol–water partition coefficient (Wildman–Crippen LogP) is 2.85. The molecule has 3 unspecified atom stereocenters. The maximum absolute atomic E-state index is 13.7. The van der Waals surface area contributed by atoms with Crippen molar-refractivity contribution < 1.29 is 14.0 Å². The van der Waals surface area contributed by atoms with Crippen molar-refractivity contribution >= 4 is 33.4 Å². The highest BCUT2D eigenvalue weighted by Gasteiger charge is 2.40. The van der Waals surface area contributed by atoms with E-state index in [-0.39, 0.29) is 17.7 Å². The summed E-state index contributed by atoms with van der Waals surface area (Å²) in [7, 11) is 0. The number of carbonyl (C=O) groups excluding carboxylic acids is 2. The lowest BCUT2D eigenvalue weighted by molar-refractivity contribution is -0.134. The fourth-order valence-corrected chi connectivity index (χ4v) is 2.65. The van der Waals surface area contributed by atoms with Crippen LogP contribution >= 0.6 is 15.9 Å². The third-order valence-electron chi connectivity index (χ3n) is 3.96. The minimum absolute atomic E-state index is 0.0248. The first-order valence-electron chi connectivity index (χ1n) is 6.95. The van der Waals surface area contributed by atoms with Crippen LogP contribution in [0.2, 0.25) is 0 Å². The Bertz CT molecular complexity index is 579. The average molecular weight is 357 g/mol. The summed E-state index contributed by atoms with van der Waals surface area (Å²) in [6, 6.07) is 3.22. The summed E-state index contributed by atoms with van der Waals surface area (Å²) in [4.78, 5) is 26.1. The van der Waals surface area contributed by atoms with E-state index in [1.807, 2.05) is 13.8 Å². The lowest BCUT2D eigenvalue weighted by Crippen LogP contribution is -2.64. The first-order valence-corrected chi connectivity index (χ1v) is 7.74. The third kappa shape index (κ3) is 2.95. The molecule has 6 heteroatoms. The SMILES string of the molecule is CCC(C)C1NC(=O)C(C)N(c2ccc(Br)c(F)c2)C1=O. The molecule has 0 saturated carbocycles. The predicted molar refractivity (Wildman–Crippen MR) is 82.4 cm³/mol. The minimum atomic E-state index is -0.654. The Kier molecular flexibility index (Phi) is 4.66. The number of rotatable bonds is 3. The Morgan fingerprint density at radius 1 is 1.43 bits per heavy atom. The van der Waals surface area contributed by atoms with E-state index < -0.39 is 17.9 Å². The molecule has 4 nitrogen and oxygen atoms in total. The van der Waals surface area contributed by atoms with E-state index in [4.69, 9.17) is 0 Å². The van der Waals surface area contributed by atoms with Gasteiger partial charge in [-0.25, -0.2) is 4.39 Å². The number of carbonyl (C=O) groups is 2. The zero-order chi connectivity index (χ0) is 15.7. The molecule has 1 N–H and O–H groups in total. The summed E-state index contributed by atoms with van der Waals surface area (Å²) in [5.41, 5.74) is 0.399. The van der Waals surface area contributed by atoms with Gasteiger partial charge in [-0.05, 0) is 47.0 Å². The molecule has 1 aromatic carbocycles. The largest absolute Gasteiger partial charge is 0.342 e. The average Bonchev–Trinajstić information content (AvgIpc) is 2.46. The van der Waals surface area contributed by atoms with Crippen molar-refractivity contribution in [2.75, 3.05) is 4.90 Å². The Hall–Kier alpha value is -1.43. The lowest BCUT2D eigenvalue weighted by atomic mass is 9.94. The van der Waals surface area contributed by atoms with Crippen LogP contribution in [0.5, 0.6) is 0 Å². The van der Waals surface area contributed by atoms with Gasteiger partial charge in [0, 0.05) is 5.69 Å². The number of anilines is 1. The van der Waals surface area contributed by atoms with Crippen LogP contribution in [-0.4, -0.2) is 23.9 Å². The first-order chi connectivity index (χ1) is 9.86. The summed E-state index contributed by atoms with van der Waals surface area (Å²) >= 11 is 3.08. The Morgan fingerprint density at radius 2 is 2.10 bits per heavy atom. The fraction of sp³-hybridized carbons (Fsp3) is 0.467. The Morgan fingerprint density at radius 3 is 2.67 bits per heavy atom. The summed E-state index contributed by atoms with van der Waals surface area (Å²) in [5, 5.41) is 2.76. The van der Waals surface area contributed by atoms with E-state index in [9.17, 15) is 14.0 Å². The summed E-state index contributed by atoms with van der Waals surface area (Å²) in [6.45, 7) is 5.52. The van der Waals surface area contributed by atoms with Gasteiger partial charge in [0.1, 0.15) is 17.9 Å². The zero-order valence-corrected chi connectivity index (χ0v) is 13.8. The summed E-state index contributed by atoms with van der Waals surface area (Å²) in [5.74, 6) is -0.850. The van der Waals surface area contributed by atoms with E-state index in [2.05, 4.69) is 21.2 Å². The highest BCUT2D eigenvalue weighted by molar-refractivity contribution is 9.10. The van der Waals surface area contributed by atoms with Crippen LogP contribution in [0.3, 0.4) is 0 Å². The van der Waals surface area contributed by atoms with Crippen LogP contribution in [0, 0.1) is 11.7 Å². The van der Waals surface area contributed by atoms with E-state index in [1.165, 1.54) is 17.0 Å². The molecule has 1 saturated heterocycles. The third-order valence-corrected chi connectivity index (χ3v) is 4.61. The summed E-state index contributed by atoms with van der Waals surface area (Å²) in [6.07, 6.45) is 0.771. The van der Waals surface area contributed by atoms with Crippen LogP contribution in [-0.2, 0) is 9.59 Å². The van der Waals surface area contributed by atoms with Crippen molar-refractivity contribution in [1.82, 2.24) is 5.32 Å². The molecule has 3 atom stereocenters. The second-order valence-electron chi connectivity index (χ2n) is 5.35. The lowest BCUT2D eigenvalue weighted by Gasteiger charge is -2.39. The molecule has 1 aliphatic rings.